The first-order valence-corrected chi connectivity index (χ1v) is 9.58. The Kier molecular flexibility index (Phi) is 4.51. The number of carbonyl (C=O) groups is 1. The molecule has 1 aromatic carbocycles. The Labute approximate surface area is 105 Å². The van der Waals surface area contributed by atoms with Crippen molar-refractivity contribution in [1.29, 1.82) is 0 Å². The van der Waals surface area contributed by atoms with Crippen LogP contribution in [0.4, 0.5) is 0 Å². The highest BCUT2D eigenvalue weighted by Gasteiger charge is 2.36. The smallest absolute Gasteiger partial charge is 0.308 e. The van der Waals surface area contributed by atoms with Crippen molar-refractivity contribution in [1.82, 2.24) is 0 Å². The van der Waals surface area contributed by atoms with Gasteiger partial charge in [0.1, 0.15) is 0 Å². The van der Waals surface area contributed by atoms with E-state index in [0.717, 1.165) is 0 Å². The first-order valence-electron chi connectivity index (χ1n) is 6.00. The van der Waals surface area contributed by atoms with Crippen molar-refractivity contribution in [2.24, 2.45) is 5.92 Å². The van der Waals surface area contributed by atoms with Gasteiger partial charge in [0.05, 0.1) is 21.1 Å². The molecule has 0 bridgehead atoms. The zero-order valence-corrected chi connectivity index (χ0v) is 12.4. The molecule has 0 N–H and O–H groups in total. The highest BCUT2D eigenvalue weighted by Crippen LogP contribution is 2.34. The molecule has 0 radical (unpaired) electrons. The molecule has 1 rings (SSSR count). The molecule has 0 aliphatic heterocycles. The van der Waals surface area contributed by atoms with E-state index in [1.165, 1.54) is 12.7 Å². The Morgan fingerprint density at radius 1 is 1.18 bits per heavy atom. The summed E-state index contributed by atoms with van der Waals surface area (Å²) in [7, 11) is -0.00704. The number of ether oxygens (including phenoxy) is 1. The van der Waals surface area contributed by atoms with Crippen LogP contribution in [0.15, 0.2) is 30.3 Å². The molecule has 2 atom stereocenters. The molecule has 1 aromatic rings. The second-order valence-electron chi connectivity index (χ2n) is 5.57. The molecular formula is C14H22O2Si. The quantitative estimate of drug-likeness (QED) is 0.604. The van der Waals surface area contributed by atoms with E-state index < -0.39 is 8.07 Å². The van der Waals surface area contributed by atoms with Crippen LogP contribution in [0, 0.1) is 5.92 Å². The average Bonchev–Trinajstić information content (AvgIpc) is 2.27. The van der Waals surface area contributed by atoms with Crippen LogP contribution in [0.25, 0.3) is 0 Å². The van der Waals surface area contributed by atoms with E-state index in [1.54, 1.807) is 0 Å². The Balaban J connectivity index is 3.10. The van der Waals surface area contributed by atoms with E-state index in [2.05, 4.69) is 31.8 Å². The number of methoxy groups -OCH3 is 1. The molecule has 0 heterocycles. The van der Waals surface area contributed by atoms with Gasteiger partial charge in [-0.15, -0.1) is 0 Å². The van der Waals surface area contributed by atoms with Crippen LogP contribution >= 0.6 is 0 Å². The fourth-order valence-corrected chi connectivity index (χ4v) is 5.35. The molecule has 3 heteroatoms. The monoisotopic (exact) mass is 250 g/mol. The summed E-state index contributed by atoms with van der Waals surface area (Å²) in [6.45, 7) is 8.86. The van der Waals surface area contributed by atoms with E-state index in [-0.39, 0.29) is 11.9 Å². The van der Waals surface area contributed by atoms with E-state index in [1.807, 2.05) is 25.1 Å². The lowest BCUT2D eigenvalue weighted by atomic mass is 10.0. The predicted octanol–water partition coefficient (Wildman–Crippen LogP) is 3.46. The second-order valence-corrected chi connectivity index (χ2v) is 10.9. The summed E-state index contributed by atoms with van der Waals surface area (Å²) in [5.74, 6) is -0.185. The molecule has 0 saturated carbocycles. The van der Waals surface area contributed by atoms with Crippen LogP contribution in [-0.2, 0) is 9.53 Å². The SMILES string of the molecule is COC(=O)[C@H](C)[C@H](c1ccccc1)[Si](C)(C)C. The largest absolute Gasteiger partial charge is 0.469 e. The topological polar surface area (TPSA) is 26.3 Å². The molecule has 0 spiro atoms. The predicted molar refractivity (Wildman–Crippen MR) is 73.7 cm³/mol. The molecule has 2 nitrogen and oxygen atoms in total. The van der Waals surface area contributed by atoms with Crippen molar-refractivity contribution in [3.63, 3.8) is 0 Å². The summed E-state index contributed by atoms with van der Waals surface area (Å²) >= 11 is 0. The molecule has 0 unspecified atom stereocenters. The van der Waals surface area contributed by atoms with Crippen molar-refractivity contribution in [2.45, 2.75) is 32.1 Å². The van der Waals surface area contributed by atoms with Crippen LogP contribution in [0.3, 0.4) is 0 Å². The van der Waals surface area contributed by atoms with E-state index >= 15 is 0 Å². The summed E-state index contributed by atoms with van der Waals surface area (Å²) < 4.78 is 4.89. The van der Waals surface area contributed by atoms with Gasteiger partial charge in [-0.25, -0.2) is 0 Å². The van der Waals surface area contributed by atoms with Crippen LogP contribution in [0.1, 0.15) is 18.0 Å². The van der Waals surface area contributed by atoms with Gasteiger partial charge in [-0.05, 0) is 11.1 Å². The minimum atomic E-state index is -1.47. The van der Waals surface area contributed by atoms with Crippen molar-refractivity contribution in [3.05, 3.63) is 35.9 Å². The van der Waals surface area contributed by atoms with Gasteiger partial charge < -0.3 is 4.74 Å². The average molecular weight is 250 g/mol. The lowest BCUT2D eigenvalue weighted by molar-refractivity contribution is -0.145. The fourth-order valence-electron chi connectivity index (χ4n) is 2.52. The zero-order valence-electron chi connectivity index (χ0n) is 11.4. The maximum atomic E-state index is 11.8. The van der Waals surface area contributed by atoms with Crippen molar-refractivity contribution < 1.29 is 9.53 Å². The Hall–Kier alpha value is -1.09. The van der Waals surface area contributed by atoms with Crippen molar-refractivity contribution in [2.75, 3.05) is 7.11 Å². The number of carbonyl (C=O) groups excluding carboxylic acids is 1. The Morgan fingerprint density at radius 2 is 1.71 bits per heavy atom. The number of benzene rings is 1. The van der Waals surface area contributed by atoms with Gasteiger partial charge in [0, 0.05) is 0 Å². The molecular weight excluding hydrogens is 228 g/mol. The van der Waals surface area contributed by atoms with E-state index in [9.17, 15) is 4.79 Å². The molecule has 0 aromatic heterocycles. The highest BCUT2D eigenvalue weighted by atomic mass is 28.3. The first kappa shape index (κ1) is 14.0. The van der Waals surface area contributed by atoms with Crippen LogP contribution in [0.5, 0.6) is 0 Å². The van der Waals surface area contributed by atoms with E-state index in [4.69, 9.17) is 4.74 Å². The van der Waals surface area contributed by atoms with E-state index in [0.29, 0.717) is 5.54 Å². The lowest BCUT2D eigenvalue weighted by Gasteiger charge is -2.33. The summed E-state index contributed by atoms with van der Waals surface area (Å²) in [5.41, 5.74) is 1.56. The second kappa shape index (κ2) is 5.49. The summed E-state index contributed by atoms with van der Waals surface area (Å²) in [4.78, 5) is 11.8. The minimum Gasteiger partial charge on any atom is -0.469 e. The summed E-state index contributed by atoms with van der Waals surface area (Å²) in [6, 6.07) is 10.3. The zero-order chi connectivity index (χ0) is 13.1. The van der Waals surface area contributed by atoms with Gasteiger partial charge in [0.2, 0.25) is 0 Å². The molecule has 0 amide bonds. The van der Waals surface area contributed by atoms with Crippen molar-refractivity contribution >= 4 is 14.0 Å². The summed E-state index contributed by atoms with van der Waals surface area (Å²) in [5, 5.41) is 0. The third-order valence-corrected chi connectivity index (χ3v) is 5.86. The molecule has 94 valence electrons. The van der Waals surface area contributed by atoms with Gasteiger partial charge in [0.25, 0.3) is 0 Å². The third kappa shape index (κ3) is 3.43. The van der Waals surface area contributed by atoms with Crippen molar-refractivity contribution in [3.8, 4) is 0 Å². The van der Waals surface area contributed by atoms with Gasteiger partial charge in [-0.1, -0.05) is 56.9 Å². The van der Waals surface area contributed by atoms with Gasteiger partial charge in [0.15, 0.2) is 0 Å². The molecule has 0 saturated heterocycles. The fraction of sp³-hybridized carbons (Fsp3) is 0.500. The third-order valence-electron chi connectivity index (χ3n) is 3.16. The maximum absolute atomic E-state index is 11.8. The lowest BCUT2D eigenvalue weighted by Crippen LogP contribution is -2.38. The van der Waals surface area contributed by atoms with Gasteiger partial charge in [-0.2, -0.15) is 0 Å². The number of hydrogen-bond donors (Lipinski definition) is 0. The Bertz CT molecular complexity index is 368. The maximum Gasteiger partial charge on any atom is 0.308 e. The summed E-state index contributed by atoms with van der Waals surface area (Å²) in [6.07, 6.45) is 0. The number of rotatable bonds is 4. The molecule has 0 aliphatic rings. The molecule has 0 aliphatic carbocycles. The van der Waals surface area contributed by atoms with Crippen LogP contribution < -0.4 is 0 Å². The molecule has 0 fully saturated rings. The minimum absolute atomic E-state index is 0.0749. The van der Waals surface area contributed by atoms with Gasteiger partial charge in [-0.3, -0.25) is 4.79 Å². The normalized spacial score (nSPS) is 15.1. The van der Waals surface area contributed by atoms with Crippen LogP contribution in [0.2, 0.25) is 19.6 Å². The highest BCUT2D eigenvalue weighted by molar-refractivity contribution is 6.77. The molecule has 17 heavy (non-hydrogen) atoms. The standard InChI is InChI=1S/C14H22O2Si/c1-11(14(15)16-2)13(17(3,4)5)12-9-7-6-8-10-12/h6-11,13H,1-5H3/t11-,13-/m1/s1. The number of hydrogen-bond acceptors (Lipinski definition) is 2. The Morgan fingerprint density at radius 3 is 2.12 bits per heavy atom. The number of esters is 1. The first-order chi connectivity index (χ1) is 7.88. The van der Waals surface area contributed by atoms with Gasteiger partial charge >= 0.3 is 5.97 Å². The van der Waals surface area contributed by atoms with Crippen LogP contribution in [-0.4, -0.2) is 21.2 Å².